The lowest BCUT2D eigenvalue weighted by atomic mass is 10.3. The summed E-state index contributed by atoms with van der Waals surface area (Å²) in [5.74, 6) is 0.186. The van der Waals surface area contributed by atoms with Crippen molar-refractivity contribution in [2.24, 2.45) is 0 Å². The molecule has 0 aliphatic heterocycles. The van der Waals surface area contributed by atoms with Crippen LogP contribution in [0.3, 0.4) is 0 Å². The number of methoxy groups -OCH3 is 1. The van der Waals surface area contributed by atoms with Gasteiger partial charge in [-0.25, -0.2) is 0 Å². The van der Waals surface area contributed by atoms with E-state index < -0.39 is 10.8 Å². The van der Waals surface area contributed by atoms with Crippen molar-refractivity contribution < 1.29 is 18.5 Å². The van der Waals surface area contributed by atoms with Crippen LogP contribution in [0.15, 0.2) is 33.6 Å². The topological polar surface area (TPSA) is 52.6 Å². The summed E-state index contributed by atoms with van der Waals surface area (Å²) in [7, 11) is 0.482. The van der Waals surface area contributed by atoms with E-state index in [1.54, 1.807) is 7.11 Å². The van der Waals surface area contributed by atoms with E-state index in [-0.39, 0.29) is 19.0 Å². The third kappa shape index (κ3) is 6.84. The van der Waals surface area contributed by atoms with Crippen molar-refractivity contribution in [3.63, 3.8) is 0 Å². The molecule has 0 aromatic heterocycles. The molecule has 0 bridgehead atoms. The highest BCUT2D eigenvalue weighted by molar-refractivity contribution is 9.10. The molecule has 1 atom stereocenters. The maximum atomic E-state index is 11.9. The van der Waals surface area contributed by atoms with E-state index in [0.29, 0.717) is 18.8 Å². The molecule has 0 saturated heterocycles. The van der Waals surface area contributed by atoms with Crippen LogP contribution < -0.4 is 0 Å². The highest BCUT2D eigenvalue weighted by Crippen LogP contribution is 2.14. The van der Waals surface area contributed by atoms with Crippen LogP contribution in [0.25, 0.3) is 0 Å². The Morgan fingerprint density at radius 2 is 1.95 bits per heavy atom. The number of ether oxygens (including phenoxy) is 2. The van der Waals surface area contributed by atoms with Crippen molar-refractivity contribution in [1.82, 2.24) is 0 Å². The van der Waals surface area contributed by atoms with Gasteiger partial charge in [-0.05, 0) is 30.7 Å². The Balaban J connectivity index is 2.23. The summed E-state index contributed by atoms with van der Waals surface area (Å²) in [6.07, 6.45) is 0.834. The summed E-state index contributed by atoms with van der Waals surface area (Å²) in [6.45, 7) is 0.668. The fraction of sp³-hybridized carbons (Fsp3) is 0.462. The van der Waals surface area contributed by atoms with Crippen molar-refractivity contribution in [2.45, 2.75) is 17.7 Å². The second-order valence-electron chi connectivity index (χ2n) is 3.82. The SMILES string of the molecule is COCCOC(=O)CCC[S@](=O)c1ccc(Br)cc1. The van der Waals surface area contributed by atoms with Gasteiger partial charge in [0.1, 0.15) is 6.61 Å². The number of hydrogen-bond donors (Lipinski definition) is 0. The third-order valence-electron chi connectivity index (χ3n) is 2.34. The molecule has 0 aliphatic rings. The van der Waals surface area contributed by atoms with Crippen LogP contribution >= 0.6 is 15.9 Å². The van der Waals surface area contributed by atoms with E-state index in [9.17, 15) is 9.00 Å². The van der Waals surface area contributed by atoms with Crippen LogP contribution in [0.2, 0.25) is 0 Å². The van der Waals surface area contributed by atoms with Gasteiger partial charge in [-0.2, -0.15) is 0 Å². The van der Waals surface area contributed by atoms with E-state index in [1.165, 1.54) is 0 Å². The number of rotatable bonds is 8. The monoisotopic (exact) mass is 348 g/mol. The zero-order valence-electron chi connectivity index (χ0n) is 10.8. The van der Waals surface area contributed by atoms with Crippen molar-refractivity contribution in [3.05, 3.63) is 28.7 Å². The van der Waals surface area contributed by atoms with Gasteiger partial charge in [0.2, 0.25) is 0 Å². The molecule has 4 nitrogen and oxygen atoms in total. The summed E-state index contributed by atoms with van der Waals surface area (Å²) < 4.78 is 22.6. The molecule has 1 aromatic rings. The summed E-state index contributed by atoms with van der Waals surface area (Å²) in [5, 5.41) is 0. The third-order valence-corrected chi connectivity index (χ3v) is 4.32. The van der Waals surface area contributed by atoms with Gasteiger partial charge in [0.25, 0.3) is 0 Å². The lowest BCUT2D eigenvalue weighted by molar-refractivity contribution is -0.144. The Labute approximate surface area is 124 Å². The molecule has 0 saturated carbocycles. The zero-order valence-corrected chi connectivity index (χ0v) is 13.2. The first-order valence-corrected chi connectivity index (χ1v) is 8.03. The minimum absolute atomic E-state index is 0.269. The van der Waals surface area contributed by atoms with Gasteiger partial charge < -0.3 is 9.47 Å². The van der Waals surface area contributed by atoms with Crippen LogP contribution in [0.1, 0.15) is 12.8 Å². The molecule has 0 radical (unpaired) electrons. The number of carbonyl (C=O) groups is 1. The first-order valence-electron chi connectivity index (χ1n) is 5.92. The predicted octanol–water partition coefficient (Wildman–Crippen LogP) is 2.53. The van der Waals surface area contributed by atoms with Gasteiger partial charge in [-0.1, -0.05) is 15.9 Å². The minimum atomic E-state index is -1.07. The Morgan fingerprint density at radius 1 is 1.26 bits per heavy atom. The van der Waals surface area contributed by atoms with E-state index >= 15 is 0 Å². The highest BCUT2D eigenvalue weighted by atomic mass is 79.9. The van der Waals surface area contributed by atoms with Gasteiger partial charge in [0, 0.05) is 28.7 Å². The molecule has 0 N–H and O–H groups in total. The molecule has 0 unspecified atom stereocenters. The summed E-state index contributed by atoms with van der Waals surface area (Å²) >= 11 is 3.33. The molecule has 6 heteroatoms. The lowest BCUT2D eigenvalue weighted by Gasteiger charge is -2.04. The number of halogens is 1. The number of benzene rings is 1. The van der Waals surface area contributed by atoms with E-state index in [4.69, 9.17) is 9.47 Å². The fourth-order valence-corrected chi connectivity index (χ4v) is 2.71. The van der Waals surface area contributed by atoms with Crippen LogP contribution in [0, 0.1) is 0 Å². The summed E-state index contributed by atoms with van der Waals surface area (Å²) in [5.41, 5.74) is 0. The Kier molecular flexibility index (Phi) is 7.93. The highest BCUT2D eigenvalue weighted by Gasteiger charge is 2.07. The maximum absolute atomic E-state index is 11.9. The average Bonchev–Trinajstić information content (AvgIpc) is 2.39. The largest absolute Gasteiger partial charge is 0.463 e. The first kappa shape index (κ1) is 16.3. The van der Waals surface area contributed by atoms with E-state index in [2.05, 4.69) is 15.9 Å². The van der Waals surface area contributed by atoms with Gasteiger partial charge in [0.05, 0.1) is 17.4 Å². The summed E-state index contributed by atoms with van der Waals surface area (Å²) in [4.78, 5) is 12.1. The molecular formula is C13H17BrO4S. The van der Waals surface area contributed by atoms with Gasteiger partial charge in [0.15, 0.2) is 0 Å². The van der Waals surface area contributed by atoms with Crippen molar-refractivity contribution in [1.29, 1.82) is 0 Å². The van der Waals surface area contributed by atoms with Crippen LogP contribution in [0.4, 0.5) is 0 Å². The van der Waals surface area contributed by atoms with Crippen molar-refractivity contribution in [3.8, 4) is 0 Å². The fourth-order valence-electron chi connectivity index (χ4n) is 1.36. The minimum Gasteiger partial charge on any atom is -0.463 e. The molecular weight excluding hydrogens is 332 g/mol. The van der Waals surface area contributed by atoms with Gasteiger partial charge >= 0.3 is 5.97 Å². The molecule has 0 spiro atoms. The maximum Gasteiger partial charge on any atom is 0.305 e. The van der Waals surface area contributed by atoms with Crippen LogP contribution in [0.5, 0.6) is 0 Å². The second kappa shape index (κ2) is 9.23. The Bertz CT molecular complexity index is 419. The molecule has 0 fully saturated rings. The standard InChI is InChI=1S/C13H17BrO4S/c1-17-8-9-18-13(15)3-2-10-19(16)12-6-4-11(14)5-7-12/h4-7H,2-3,8-10H2,1H3/t19-/m0/s1. The smallest absolute Gasteiger partial charge is 0.305 e. The Morgan fingerprint density at radius 3 is 2.58 bits per heavy atom. The van der Waals surface area contributed by atoms with E-state index in [0.717, 1.165) is 9.37 Å². The molecule has 0 amide bonds. The van der Waals surface area contributed by atoms with Crippen LogP contribution in [-0.2, 0) is 25.1 Å². The number of hydrogen-bond acceptors (Lipinski definition) is 4. The first-order chi connectivity index (χ1) is 9.13. The molecule has 1 rings (SSSR count). The average molecular weight is 349 g/mol. The van der Waals surface area contributed by atoms with Gasteiger partial charge in [-0.15, -0.1) is 0 Å². The second-order valence-corrected chi connectivity index (χ2v) is 6.31. The number of esters is 1. The molecule has 1 aromatic carbocycles. The van der Waals surface area contributed by atoms with E-state index in [1.807, 2.05) is 24.3 Å². The zero-order chi connectivity index (χ0) is 14.1. The molecule has 106 valence electrons. The molecule has 19 heavy (non-hydrogen) atoms. The predicted molar refractivity (Wildman–Crippen MR) is 77.5 cm³/mol. The Hall–Kier alpha value is -0.720. The molecule has 0 aliphatic carbocycles. The quantitative estimate of drug-likeness (QED) is 0.535. The van der Waals surface area contributed by atoms with Crippen molar-refractivity contribution in [2.75, 3.05) is 26.1 Å². The van der Waals surface area contributed by atoms with Crippen molar-refractivity contribution >= 4 is 32.7 Å². The summed E-state index contributed by atoms with van der Waals surface area (Å²) in [6, 6.07) is 7.34. The number of carbonyl (C=O) groups excluding carboxylic acids is 1. The van der Waals surface area contributed by atoms with Crippen LogP contribution in [-0.4, -0.2) is 36.3 Å². The lowest BCUT2D eigenvalue weighted by Crippen LogP contribution is -2.10. The van der Waals surface area contributed by atoms with Gasteiger partial charge in [-0.3, -0.25) is 9.00 Å². The molecule has 0 heterocycles. The normalized spacial score (nSPS) is 12.1.